The van der Waals surface area contributed by atoms with E-state index in [2.05, 4.69) is 10.6 Å². The van der Waals surface area contributed by atoms with Gasteiger partial charge in [-0.2, -0.15) is 0 Å². The molecule has 1 unspecified atom stereocenters. The molecule has 0 saturated carbocycles. The zero-order valence-electron chi connectivity index (χ0n) is 16.6. The Labute approximate surface area is 193 Å². The topological polar surface area (TPSA) is 64.7 Å². The molecule has 4 rings (SSSR count). The largest absolute Gasteiger partial charge is 0.372 e. The highest BCUT2D eigenvalue weighted by Crippen LogP contribution is 2.31. The number of amides is 2. The Kier molecular flexibility index (Phi) is 8.38. The Hall–Kier alpha value is -1.99. The highest BCUT2D eigenvalue weighted by atomic mass is 35.5. The molecular formula is C21H25Cl3N4O2. The molecule has 30 heavy (non-hydrogen) atoms. The van der Waals surface area contributed by atoms with Crippen molar-refractivity contribution in [1.29, 1.82) is 0 Å². The van der Waals surface area contributed by atoms with Gasteiger partial charge in [0, 0.05) is 50.2 Å². The van der Waals surface area contributed by atoms with Crippen molar-refractivity contribution < 1.29 is 9.59 Å². The van der Waals surface area contributed by atoms with E-state index in [0.29, 0.717) is 42.3 Å². The van der Waals surface area contributed by atoms with Gasteiger partial charge in [0.05, 0.1) is 17.4 Å². The standard InChI is InChI=1S/C21H23ClN4O2.2ClH/c1-25-9-7-20(27)24-17-12-15(5-6-18(17)25)21(28)26-10-8-23-13-19(26)14-3-2-4-16(22)11-14;;/h2-6,11-12,19,23H,7-10,13H2,1H3,(H,24,27);2*1H. The monoisotopic (exact) mass is 470 g/mol. The van der Waals surface area contributed by atoms with Crippen LogP contribution in [0.5, 0.6) is 0 Å². The lowest BCUT2D eigenvalue weighted by Crippen LogP contribution is -2.48. The third-order valence-electron chi connectivity index (χ3n) is 5.34. The second-order valence-electron chi connectivity index (χ2n) is 7.23. The molecule has 0 radical (unpaired) electrons. The minimum atomic E-state index is -0.0870. The van der Waals surface area contributed by atoms with E-state index in [0.717, 1.165) is 17.8 Å². The van der Waals surface area contributed by atoms with Gasteiger partial charge in [-0.1, -0.05) is 23.7 Å². The number of carbonyl (C=O) groups is 2. The van der Waals surface area contributed by atoms with E-state index in [4.69, 9.17) is 11.6 Å². The van der Waals surface area contributed by atoms with E-state index >= 15 is 0 Å². The fourth-order valence-electron chi connectivity index (χ4n) is 3.83. The Balaban J connectivity index is 0.00000160. The van der Waals surface area contributed by atoms with Crippen molar-refractivity contribution >= 4 is 59.6 Å². The number of nitrogens with zero attached hydrogens (tertiary/aromatic N) is 2. The number of benzene rings is 2. The van der Waals surface area contributed by atoms with Crippen LogP contribution < -0.4 is 15.5 Å². The number of rotatable bonds is 2. The van der Waals surface area contributed by atoms with E-state index in [1.165, 1.54) is 0 Å². The second-order valence-corrected chi connectivity index (χ2v) is 7.66. The minimum absolute atomic E-state index is 0. The molecule has 2 aromatic carbocycles. The zero-order valence-corrected chi connectivity index (χ0v) is 18.9. The number of nitrogens with one attached hydrogen (secondary N) is 2. The highest BCUT2D eigenvalue weighted by Gasteiger charge is 2.29. The van der Waals surface area contributed by atoms with Gasteiger partial charge >= 0.3 is 0 Å². The lowest BCUT2D eigenvalue weighted by molar-refractivity contribution is -0.115. The normalized spacial score (nSPS) is 18.3. The van der Waals surface area contributed by atoms with E-state index in [9.17, 15) is 9.59 Å². The number of carbonyl (C=O) groups excluding carboxylic acids is 2. The van der Waals surface area contributed by atoms with Gasteiger partial charge in [0.15, 0.2) is 0 Å². The molecule has 1 saturated heterocycles. The van der Waals surface area contributed by atoms with Crippen molar-refractivity contribution in [2.45, 2.75) is 12.5 Å². The van der Waals surface area contributed by atoms with Crippen molar-refractivity contribution in [3.05, 3.63) is 58.6 Å². The smallest absolute Gasteiger partial charge is 0.254 e. The van der Waals surface area contributed by atoms with Gasteiger partial charge in [-0.3, -0.25) is 9.59 Å². The molecule has 2 amide bonds. The van der Waals surface area contributed by atoms with Crippen molar-refractivity contribution in [1.82, 2.24) is 10.2 Å². The maximum Gasteiger partial charge on any atom is 0.254 e. The molecule has 2 aliphatic heterocycles. The molecule has 9 heteroatoms. The van der Waals surface area contributed by atoms with Crippen molar-refractivity contribution in [2.24, 2.45) is 0 Å². The quantitative estimate of drug-likeness (QED) is 0.700. The van der Waals surface area contributed by atoms with Gasteiger partial charge in [0.2, 0.25) is 5.91 Å². The van der Waals surface area contributed by atoms with Crippen LogP contribution in [0, 0.1) is 0 Å². The molecule has 1 atom stereocenters. The molecule has 2 N–H and O–H groups in total. The number of hydrogen-bond acceptors (Lipinski definition) is 4. The van der Waals surface area contributed by atoms with E-state index in [1.54, 1.807) is 6.07 Å². The first-order valence-corrected chi connectivity index (χ1v) is 9.83. The Morgan fingerprint density at radius 2 is 1.93 bits per heavy atom. The van der Waals surface area contributed by atoms with Gasteiger partial charge in [0.1, 0.15) is 0 Å². The van der Waals surface area contributed by atoms with Crippen LogP contribution in [-0.2, 0) is 4.79 Å². The fraction of sp³-hybridized carbons (Fsp3) is 0.333. The number of halogens is 3. The summed E-state index contributed by atoms with van der Waals surface area (Å²) in [7, 11) is 1.95. The zero-order chi connectivity index (χ0) is 19.7. The summed E-state index contributed by atoms with van der Waals surface area (Å²) in [5.41, 5.74) is 3.19. The summed E-state index contributed by atoms with van der Waals surface area (Å²) in [6, 6.07) is 13.1. The van der Waals surface area contributed by atoms with E-state index < -0.39 is 0 Å². The Morgan fingerprint density at radius 1 is 1.13 bits per heavy atom. The SMILES string of the molecule is CN1CCC(=O)Nc2cc(C(=O)N3CCNCC3c3cccc(Cl)c3)ccc21.Cl.Cl. The molecule has 162 valence electrons. The maximum atomic E-state index is 13.3. The summed E-state index contributed by atoms with van der Waals surface area (Å²) in [6.07, 6.45) is 0.434. The van der Waals surface area contributed by atoms with Crippen LogP contribution in [0.2, 0.25) is 5.02 Å². The maximum absolute atomic E-state index is 13.3. The summed E-state index contributed by atoms with van der Waals surface area (Å²) in [6.45, 7) is 2.68. The van der Waals surface area contributed by atoms with Gasteiger partial charge in [-0.15, -0.1) is 24.8 Å². The van der Waals surface area contributed by atoms with Crippen LogP contribution in [-0.4, -0.2) is 49.9 Å². The number of anilines is 2. The molecule has 2 heterocycles. The van der Waals surface area contributed by atoms with Gasteiger partial charge < -0.3 is 20.4 Å². The lowest BCUT2D eigenvalue weighted by atomic mass is 10.0. The molecule has 2 aromatic rings. The van der Waals surface area contributed by atoms with Crippen molar-refractivity contribution in [3.63, 3.8) is 0 Å². The molecule has 2 aliphatic rings. The van der Waals surface area contributed by atoms with Crippen molar-refractivity contribution in [2.75, 3.05) is 43.4 Å². The molecule has 1 fully saturated rings. The predicted molar refractivity (Wildman–Crippen MR) is 126 cm³/mol. The first-order chi connectivity index (χ1) is 13.5. The summed E-state index contributed by atoms with van der Waals surface area (Å²) < 4.78 is 0. The third kappa shape index (κ3) is 5.01. The van der Waals surface area contributed by atoms with E-state index in [1.807, 2.05) is 53.2 Å². The molecule has 0 aromatic heterocycles. The van der Waals surface area contributed by atoms with Gasteiger partial charge in [0.25, 0.3) is 5.91 Å². The molecular weight excluding hydrogens is 447 g/mol. The van der Waals surface area contributed by atoms with Crippen molar-refractivity contribution in [3.8, 4) is 0 Å². The first kappa shape index (κ1) is 24.3. The van der Waals surface area contributed by atoms with Crippen LogP contribution in [0.25, 0.3) is 0 Å². The summed E-state index contributed by atoms with van der Waals surface area (Å²) >= 11 is 6.16. The lowest BCUT2D eigenvalue weighted by Gasteiger charge is -2.37. The summed E-state index contributed by atoms with van der Waals surface area (Å²) in [5.74, 6) is -0.0791. The number of fused-ring (bicyclic) bond motifs is 1. The third-order valence-corrected chi connectivity index (χ3v) is 5.58. The highest BCUT2D eigenvalue weighted by molar-refractivity contribution is 6.30. The summed E-state index contributed by atoms with van der Waals surface area (Å²) in [5, 5.41) is 6.94. The number of piperazine rings is 1. The van der Waals surface area contributed by atoms with Gasteiger partial charge in [-0.25, -0.2) is 0 Å². The summed E-state index contributed by atoms with van der Waals surface area (Å²) in [4.78, 5) is 29.2. The average Bonchev–Trinajstić information content (AvgIpc) is 2.85. The van der Waals surface area contributed by atoms with Crippen LogP contribution in [0.4, 0.5) is 11.4 Å². The second kappa shape index (κ2) is 10.4. The molecule has 6 nitrogen and oxygen atoms in total. The number of hydrogen-bond donors (Lipinski definition) is 2. The van der Waals surface area contributed by atoms with Crippen LogP contribution >= 0.6 is 36.4 Å². The molecule has 0 aliphatic carbocycles. The van der Waals surface area contributed by atoms with Crippen LogP contribution in [0.3, 0.4) is 0 Å². The first-order valence-electron chi connectivity index (χ1n) is 9.45. The average molecular weight is 472 g/mol. The molecule has 0 bridgehead atoms. The van der Waals surface area contributed by atoms with E-state index in [-0.39, 0.29) is 42.7 Å². The van der Waals surface area contributed by atoms with Crippen LogP contribution in [0.15, 0.2) is 42.5 Å². The Morgan fingerprint density at radius 3 is 2.70 bits per heavy atom. The Bertz CT molecular complexity index is 925. The van der Waals surface area contributed by atoms with Gasteiger partial charge in [-0.05, 0) is 35.9 Å². The molecule has 0 spiro atoms. The predicted octanol–water partition coefficient (Wildman–Crippen LogP) is 3.75. The fourth-order valence-corrected chi connectivity index (χ4v) is 4.03. The minimum Gasteiger partial charge on any atom is -0.372 e. The van der Waals surface area contributed by atoms with Crippen LogP contribution in [0.1, 0.15) is 28.4 Å².